The minimum Gasteiger partial charge on any atom is -0.410 e. The van der Waals surface area contributed by atoms with Crippen molar-refractivity contribution in [2.75, 3.05) is 17.8 Å². The highest BCUT2D eigenvalue weighted by Crippen LogP contribution is 2.42. The molecular weight excluding hydrogens is 886 g/mol. The van der Waals surface area contributed by atoms with E-state index in [4.69, 9.17) is 9.47 Å². The molecule has 10 heteroatoms. The monoisotopic (exact) mass is 917 g/mol. The third-order valence-electron chi connectivity index (χ3n) is 4.02. The van der Waals surface area contributed by atoms with Crippen molar-refractivity contribution < 1.29 is 14.3 Å². The Morgan fingerprint density at radius 2 is 1.65 bits per heavy atom. The summed E-state index contributed by atoms with van der Waals surface area (Å²) in [6.45, 7) is 11.2. The quantitative estimate of drug-likeness (QED) is 0.0913. The highest BCUT2D eigenvalue weighted by atomic mass is 127. The van der Waals surface area contributed by atoms with Crippen LogP contribution in [0.4, 0.5) is 4.79 Å². The van der Waals surface area contributed by atoms with Gasteiger partial charge in [-0.1, -0.05) is 124 Å². The van der Waals surface area contributed by atoms with Gasteiger partial charge in [-0.2, -0.15) is 0 Å². The number of hydrogen-bond acceptors (Lipinski definition) is 5. The van der Waals surface area contributed by atoms with E-state index in [1.54, 1.807) is 0 Å². The maximum atomic E-state index is 13.0. The van der Waals surface area contributed by atoms with Crippen LogP contribution in [0.25, 0.3) is 0 Å². The van der Waals surface area contributed by atoms with Crippen molar-refractivity contribution in [2.45, 2.75) is 62.9 Å². The van der Waals surface area contributed by atoms with Gasteiger partial charge < -0.3 is 9.47 Å². The maximum Gasteiger partial charge on any atom is 0.416 e. The molecule has 0 saturated carbocycles. The summed E-state index contributed by atoms with van der Waals surface area (Å²) in [5, 5.41) is 0.337. The lowest BCUT2D eigenvalue weighted by Crippen LogP contribution is -2.48. The Hall–Kier alpha value is 2.07. The lowest BCUT2D eigenvalue weighted by molar-refractivity contribution is -0.0149. The minimum atomic E-state index is -0.289. The van der Waals surface area contributed by atoms with Gasteiger partial charge in [0.05, 0.1) is 22.8 Å². The average Bonchev–Trinajstić information content (AvgIpc) is 2.72. The molecule has 31 heavy (non-hydrogen) atoms. The predicted molar refractivity (Wildman–Crippen MR) is 171 cm³/mol. The highest BCUT2D eigenvalue weighted by molar-refractivity contribution is 14.1. The molecule has 2 atom stereocenters. The molecule has 0 bridgehead atoms. The SMILES string of the molecule is CC(C)(C)OCc1ccc(OC(=O)N(CI)C(CI)C(CI)SSC(C)(C)CI)cc1. The van der Waals surface area contributed by atoms with Gasteiger partial charge in [-0.25, -0.2) is 4.79 Å². The van der Waals surface area contributed by atoms with Gasteiger partial charge >= 0.3 is 6.09 Å². The molecule has 0 aromatic heterocycles. The number of rotatable bonds is 12. The Kier molecular flexibility index (Phi) is 15.3. The lowest BCUT2D eigenvalue weighted by Gasteiger charge is -2.34. The fourth-order valence-corrected chi connectivity index (χ4v) is 10.1. The minimum absolute atomic E-state index is 0.115. The summed E-state index contributed by atoms with van der Waals surface area (Å²) in [5.74, 6) is 0.561. The first-order chi connectivity index (χ1) is 14.5. The molecule has 4 nitrogen and oxygen atoms in total. The third-order valence-corrected chi connectivity index (χ3v) is 13.4. The molecule has 178 valence electrons. The number of carbonyl (C=O) groups is 1. The van der Waals surface area contributed by atoms with Gasteiger partial charge in [0.2, 0.25) is 0 Å². The third kappa shape index (κ3) is 12.0. The number of carbonyl (C=O) groups excluding carboxylic acids is 1. The Balaban J connectivity index is 2.80. The summed E-state index contributed by atoms with van der Waals surface area (Å²) in [6, 6.07) is 7.69. The van der Waals surface area contributed by atoms with Crippen molar-refractivity contribution in [3.8, 4) is 5.75 Å². The van der Waals surface area contributed by atoms with Crippen LogP contribution in [0, 0.1) is 0 Å². The zero-order chi connectivity index (χ0) is 23.7. The molecule has 0 aliphatic heterocycles. The van der Waals surface area contributed by atoms with Crippen LogP contribution in [0.5, 0.6) is 5.75 Å². The van der Waals surface area contributed by atoms with E-state index < -0.39 is 0 Å². The van der Waals surface area contributed by atoms with Crippen LogP contribution in [0.2, 0.25) is 0 Å². The molecule has 1 aromatic carbocycles. The second-order valence-electron chi connectivity index (χ2n) is 8.49. The van der Waals surface area contributed by atoms with Crippen LogP contribution in [0.15, 0.2) is 24.3 Å². The van der Waals surface area contributed by atoms with Gasteiger partial charge in [0.15, 0.2) is 0 Å². The van der Waals surface area contributed by atoms with E-state index in [1.165, 1.54) is 0 Å². The largest absolute Gasteiger partial charge is 0.416 e. The van der Waals surface area contributed by atoms with E-state index in [1.807, 2.05) is 71.5 Å². The molecule has 1 amide bonds. The van der Waals surface area contributed by atoms with Crippen LogP contribution in [-0.2, 0) is 11.3 Å². The molecule has 0 saturated heterocycles. The Morgan fingerprint density at radius 1 is 1.03 bits per heavy atom. The van der Waals surface area contributed by atoms with Crippen LogP contribution in [0.3, 0.4) is 0 Å². The van der Waals surface area contributed by atoms with E-state index >= 15 is 0 Å². The smallest absolute Gasteiger partial charge is 0.410 e. The first-order valence-corrected chi connectivity index (χ1v) is 18.1. The summed E-state index contributed by atoms with van der Waals surface area (Å²) in [5.41, 5.74) is 0.875. The van der Waals surface area contributed by atoms with Crippen LogP contribution in [0.1, 0.15) is 40.2 Å². The summed E-state index contributed by atoms with van der Waals surface area (Å²) in [4.78, 5) is 14.9. The standard InChI is InChI=1S/C21H31I4NO3S2/c1-20(2,3)28-12-15-6-8-16(9-7-15)29-19(27)26(14-25)17(10-22)18(11-23)30-31-21(4,5)13-24/h6-9,17-18H,10-14H2,1-5H3. The van der Waals surface area contributed by atoms with Gasteiger partial charge in [-0.3, -0.25) is 4.90 Å². The molecular formula is C21H31I4NO3S2. The number of nitrogens with zero attached hydrogens (tertiary/aromatic N) is 1. The van der Waals surface area contributed by atoms with Gasteiger partial charge in [-0.15, -0.1) is 0 Å². The molecule has 0 heterocycles. The van der Waals surface area contributed by atoms with Crippen LogP contribution in [-0.4, -0.2) is 50.5 Å². The van der Waals surface area contributed by atoms with E-state index in [0.29, 0.717) is 22.2 Å². The second kappa shape index (κ2) is 15.2. The average molecular weight is 917 g/mol. The van der Waals surface area contributed by atoms with Crippen molar-refractivity contribution in [1.29, 1.82) is 0 Å². The van der Waals surface area contributed by atoms with E-state index in [-0.39, 0.29) is 22.5 Å². The lowest BCUT2D eigenvalue weighted by atomic mass is 10.2. The zero-order valence-corrected chi connectivity index (χ0v) is 28.8. The molecule has 0 aliphatic rings. The van der Waals surface area contributed by atoms with E-state index in [2.05, 4.69) is 104 Å². The van der Waals surface area contributed by atoms with Gasteiger partial charge in [0, 0.05) is 23.3 Å². The summed E-state index contributed by atoms with van der Waals surface area (Å²) in [7, 11) is 3.81. The number of amides is 1. The van der Waals surface area contributed by atoms with Gasteiger partial charge in [0.1, 0.15) is 5.75 Å². The molecule has 0 radical (unpaired) electrons. The molecule has 0 fully saturated rings. The number of halogens is 4. The van der Waals surface area contributed by atoms with Gasteiger partial charge in [0.25, 0.3) is 0 Å². The molecule has 0 spiro atoms. The second-order valence-corrected chi connectivity index (χ2v) is 14.8. The first kappa shape index (κ1) is 31.1. The Labute approximate surface area is 250 Å². The topological polar surface area (TPSA) is 38.8 Å². The number of ether oxygens (including phenoxy) is 2. The summed E-state index contributed by atoms with van der Waals surface area (Å²) < 4.78 is 15.3. The molecule has 0 N–H and O–H groups in total. The van der Waals surface area contributed by atoms with Gasteiger partial charge in [-0.05, 0) is 52.3 Å². The Bertz CT molecular complexity index is 672. The van der Waals surface area contributed by atoms with Crippen molar-refractivity contribution in [3.05, 3.63) is 29.8 Å². The summed E-state index contributed by atoms with van der Waals surface area (Å²) >= 11 is 9.52. The molecule has 1 rings (SSSR count). The van der Waals surface area contributed by atoms with E-state index in [0.717, 1.165) is 18.8 Å². The molecule has 0 aliphatic carbocycles. The van der Waals surface area contributed by atoms with Crippen LogP contribution < -0.4 is 4.74 Å². The number of hydrogen-bond donors (Lipinski definition) is 0. The summed E-state index contributed by atoms with van der Waals surface area (Å²) in [6.07, 6.45) is -0.289. The fraction of sp³-hybridized carbons (Fsp3) is 0.667. The van der Waals surface area contributed by atoms with Crippen molar-refractivity contribution in [3.63, 3.8) is 0 Å². The van der Waals surface area contributed by atoms with Crippen LogP contribution >= 0.6 is 112 Å². The highest BCUT2D eigenvalue weighted by Gasteiger charge is 2.32. The van der Waals surface area contributed by atoms with Crippen molar-refractivity contribution >= 4 is 118 Å². The van der Waals surface area contributed by atoms with Crippen molar-refractivity contribution in [2.24, 2.45) is 0 Å². The fourth-order valence-electron chi connectivity index (χ4n) is 2.18. The van der Waals surface area contributed by atoms with E-state index in [9.17, 15) is 4.79 Å². The van der Waals surface area contributed by atoms with Crippen molar-refractivity contribution in [1.82, 2.24) is 4.90 Å². The molecule has 1 aromatic rings. The first-order valence-electron chi connectivity index (χ1n) is 9.76. The normalized spacial score (nSPS) is 14.2. The maximum absolute atomic E-state index is 13.0. The zero-order valence-electron chi connectivity index (χ0n) is 18.5. The predicted octanol–water partition coefficient (Wildman–Crippen LogP) is 8.40. The number of alkyl halides is 4. The Morgan fingerprint density at radius 3 is 2.10 bits per heavy atom. The number of benzene rings is 1. The molecule has 2 unspecified atom stereocenters.